The van der Waals surface area contributed by atoms with Crippen LogP contribution in [0.4, 0.5) is 4.79 Å². The highest BCUT2D eigenvalue weighted by Gasteiger charge is 2.37. The number of epoxide rings is 1. The summed E-state index contributed by atoms with van der Waals surface area (Å²) in [5.74, 6) is 2.26. The fourth-order valence-corrected chi connectivity index (χ4v) is 3.62. The van der Waals surface area contributed by atoms with Gasteiger partial charge in [-0.15, -0.1) is 0 Å². The molecule has 1 aliphatic rings. The molecule has 1 N–H and O–H groups in total. The molecule has 1 amide bonds. The average Bonchev–Trinajstić information content (AvgIpc) is 3.54. The molecule has 3 atom stereocenters. The van der Waals surface area contributed by atoms with Crippen molar-refractivity contribution in [3.05, 3.63) is 23.8 Å². The Bertz CT molecular complexity index is 711. The van der Waals surface area contributed by atoms with Crippen LogP contribution >= 0.6 is 0 Å². The van der Waals surface area contributed by atoms with Crippen molar-refractivity contribution >= 4 is 6.09 Å². The molecule has 1 fully saturated rings. The van der Waals surface area contributed by atoms with Gasteiger partial charge in [-0.05, 0) is 63.1 Å². The number of hydrogen-bond donors (Lipinski definition) is 1. The molecule has 1 saturated heterocycles. The average molecular weight is 452 g/mol. The van der Waals surface area contributed by atoms with Crippen LogP contribution in [0.2, 0.25) is 0 Å². The Morgan fingerprint density at radius 1 is 1.19 bits per heavy atom. The summed E-state index contributed by atoms with van der Waals surface area (Å²) in [5, 5.41) is 3.03. The van der Waals surface area contributed by atoms with Crippen molar-refractivity contribution in [3.8, 4) is 11.5 Å². The summed E-state index contributed by atoms with van der Waals surface area (Å²) in [4.78, 5) is 12.3. The number of nitrogens with one attached hydrogen (secondary N) is 1. The highest BCUT2D eigenvalue weighted by atomic mass is 16.6. The number of ether oxygens (including phenoxy) is 5. The van der Waals surface area contributed by atoms with Gasteiger partial charge in [0.05, 0.1) is 26.4 Å². The van der Waals surface area contributed by atoms with Gasteiger partial charge >= 0.3 is 6.09 Å². The van der Waals surface area contributed by atoms with Gasteiger partial charge in [-0.3, -0.25) is 0 Å². The lowest BCUT2D eigenvalue weighted by molar-refractivity contribution is 0.0483. The number of methoxy groups -OCH3 is 2. The highest BCUT2D eigenvalue weighted by Crippen LogP contribution is 2.32. The third-order valence-corrected chi connectivity index (χ3v) is 5.49. The lowest BCUT2D eigenvalue weighted by Gasteiger charge is -2.28. The van der Waals surface area contributed by atoms with Crippen LogP contribution in [0.3, 0.4) is 0 Å². The van der Waals surface area contributed by atoms with E-state index < -0.39 is 11.7 Å². The third kappa shape index (κ3) is 9.25. The second-order valence-electron chi connectivity index (χ2n) is 9.75. The van der Waals surface area contributed by atoms with E-state index in [1.165, 1.54) is 5.56 Å². The first-order valence-corrected chi connectivity index (χ1v) is 11.5. The minimum absolute atomic E-state index is 0.0549. The summed E-state index contributed by atoms with van der Waals surface area (Å²) in [5.41, 5.74) is 0.651. The zero-order valence-corrected chi connectivity index (χ0v) is 20.7. The van der Waals surface area contributed by atoms with Gasteiger partial charge in [0.25, 0.3) is 0 Å². The van der Waals surface area contributed by atoms with Gasteiger partial charge in [0.1, 0.15) is 11.7 Å². The summed E-state index contributed by atoms with van der Waals surface area (Å²) in [7, 11) is 3.33. The van der Waals surface area contributed by atoms with Gasteiger partial charge in [0.15, 0.2) is 11.5 Å². The number of alkyl carbamates (subject to hydrolysis) is 1. The molecule has 1 aliphatic heterocycles. The quantitative estimate of drug-likeness (QED) is 0.349. The van der Waals surface area contributed by atoms with Gasteiger partial charge in [0.2, 0.25) is 0 Å². The van der Waals surface area contributed by atoms with E-state index in [2.05, 4.69) is 31.3 Å². The van der Waals surface area contributed by atoms with E-state index in [-0.39, 0.29) is 12.1 Å². The predicted octanol–water partition coefficient (Wildman–Crippen LogP) is 4.61. The van der Waals surface area contributed by atoms with Crippen LogP contribution in [0, 0.1) is 11.8 Å². The van der Waals surface area contributed by atoms with Crippen LogP contribution in [0.5, 0.6) is 11.5 Å². The van der Waals surface area contributed by atoms with Crippen molar-refractivity contribution in [1.29, 1.82) is 0 Å². The van der Waals surface area contributed by atoms with Gasteiger partial charge in [-0.2, -0.15) is 0 Å². The Morgan fingerprint density at radius 2 is 1.91 bits per heavy atom. The smallest absolute Gasteiger partial charge is 0.407 e. The molecule has 2 rings (SSSR count). The van der Waals surface area contributed by atoms with Crippen molar-refractivity contribution in [1.82, 2.24) is 5.32 Å². The van der Waals surface area contributed by atoms with Crippen LogP contribution in [-0.2, 0) is 20.6 Å². The molecular weight excluding hydrogens is 410 g/mol. The van der Waals surface area contributed by atoms with E-state index in [9.17, 15) is 4.79 Å². The number of carbonyl (C=O) groups excluding carboxylic acids is 1. The molecule has 7 nitrogen and oxygen atoms in total. The molecule has 0 saturated carbocycles. The maximum atomic E-state index is 12.3. The summed E-state index contributed by atoms with van der Waals surface area (Å²) >= 11 is 0. The Balaban J connectivity index is 2.05. The van der Waals surface area contributed by atoms with E-state index in [1.54, 1.807) is 14.2 Å². The van der Waals surface area contributed by atoms with E-state index in [0.717, 1.165) is 30.8 Å². The zero-order valence-electron chi connectivity index (χ0n) is 20.7. The summed E-state index contributed by atoms with van der Waals surface area (Å²) < 4.78 is 27.5. The maximum absolute atomic E-state index is 12.3. The number of benzene rings is 1. The summed E-state index contributed by atoms with van der Waals surface area (Å²) in [6.07, 6.45) is 2.17. The summed E-state index contributed by atoms with van der Waals surface area (Å²) in [6, 6.07) is 6.03. The Morgan fingerprint density at radius 3 is 2.47 bits per heavy atom. The van der Waals surface area contributed by atoms with Crippen molar-refractivity contribution in [2.45, 2.75) is 71.6 Å². The van der Waals surface area contributed by atoms with Gasteiger partial charge < -0.3 is 29.0 Å². The molecular formula is C25H41NO6. The van der Waals surface area contributed by atoms with Crippen molar-refractivity contribution in [2.75, 3.05) is 34.0 Å². The largest absolute Gasteiger partial charge is 0.493 e. The SMILES string of the molecule is COCCCOc1cc(C[C@@H](C[C@H](NC(=O)OC(C)(C)C)[C@H]2CO2)C(C)C)ccc1OC. The number of hydrogen-bond acceptors (Lipinski definition) is 6. The minimum atomic E-state index is -0.529. The normalized spacial score (nSPS) is 17.6. The van der Waals surface area contributed by atoms with Gasteiger partial charge in [-0.1, -0.05) is 19.9 Å². The molecule has 0 aromatic heterocycles. The maximum Gasteiger partial charge on any atom is 0.407 e. The van der Waals surface area contributed by atoms with Crippen LogP contribution in [0.1, 0.15) is 53.0 Å². The van der Waals surface area contributed by atoms with E-state index in [1.807, 2.05) is 26.8 Å². The van der Waals surface area contributed by atoms with Crippen molar-refractivity contribution in [2.24, 2.45) is 11.8 Å². The van der Waals surface area contributed by atoms with Gasteiger partial charge in [-0.25, -0.2) is 4.79 Å². The summed E-state index contributed by atoms with van der Waals surface area (Å²) in [6.45, 7) is 11.9. The Hall–Kier alpha value is -1.99. The topological polar surface area (TPSA) is 78.6 Å². The number of rotatable bonds is 13. The highest BCUT2D eigenvalue weighted by molar-refractivity contribution is 5.68. The van der Waals surface area contributed by atoms with Crippen LogP contribution in [-0.4, -0.2) is 57.9 Å². The van der Waals surface area contributed by atoms with Crippen molar-refractivity contribution in [3.63, 3.8) is 0 Å². The molecule has 1 heterocycles. The molecule has 182 valence electrons. The fraction of sp³-hybridized carbons (Fsp3) is 0.720. The molecule has 1 aromatic carbocycles. The zero-order chi connectivity index (χ0) is 23.7. The van der Waals surface area contributed by atoms with E-state index >= 15 is 0 Å². The van der Waals surface area contributed by atoms with Crippen LogP contribution in [0.25, 0.3) is 0 Å². The molecule has 32 heavy (non-hydrogen) atoms. The first kappa shape index (κ1) is 26.3. The fourth-order valence-electron chi connectivity index (χ4n) is 3.62. The molecule has 0 aliphatic carbocycles. The first-order valence-electron chi connectivity index (χ1n) is 11.5. The molecule has 0 radical (unpaired) electrons. The minimum Gasteiger partial charge on any atom is -0.493 e. The third-order valence-electron chi connectivity index (χ3n) is 5.49. The standard InChI is InChI=1S/C25H41NO6/c1-17(2)19(15-20(23-16-31-23)26-24(27)32-25(3,4)5)13-18-9-10-21(29-7)22(14-18)30-12-8-11-28-6/h9-10,14,17,19-20,23H,8,11-13,15-16H2,1-7H3,(H,26,27)/t19-,20-,23+/m0/s1. The lowest BCUT2D eigenvalue weighted by atomic mass is 9.83. The molecule has 1 aromatic rings. The van der Waals surface area contributed by atoms with Crippen LogP contribution in [0.15, 0.2) is 18.2 Å². The van der Waals surface area contributed by atoms with Crippen molar-refractivity contribution < 1.29 is 28.5 Å². The monoisotopic (exact) mass is 451 g/mol. The molecule has 0 spiro atoms. The molecule has 0 unspecified atom stereocenters. The van der Waals surface area contributed by atoms with Gasteiger partial charge in [0, 0.05) is 20.1 Å². The number of amides is 1. The predicted molar refractivity (Wildman–Crippen MR) is 125 cm³/mol. The Kier molecular flexibility index (Phi) is 10.1. The van der Waals surface area contributed by atoms with E-state index in [4.69, 9.17) is 23.7 Å². The first-order chi connectivity index (χ1) is 15.1. The number of carbonyl (C=O) groups is 1. The lowest BCUT2D eigenvalue weighted by Crippen LogP contribution is -2.43. The second kappa shape index (κ2) is 12.3. The van der Waals surface area contributed by atoms with E-state index in [0.29, 0.717) is 31.7 Å². The second-order valence-corrected chi connectivity index (χ2v) is 9.75. The Labute approximate surface area is 193 Å². The molecule has 7 heteroatoms. The van der Waals surface area contributed by atoms with Crippen LogP contribution < -0.4 is 14.8 Å². The molecule has 0 bridgehead atoms.